The van der Waals surface area contributed by atoms with Gasteiger partial charge in [-0.2, -0.15) is 0 Å². The molecule has 1 aliphatic rings. The number of piperidine rings is 1. The fraction of sp³-hybridized carbons (Fsp3) is 0.296. The molecule has 176 valence electrons. The minimum Gasteiger partial charge on any atom is -0.497 e. The van der Waals surface area contributed by atoms with E-state index in [0.717, 1.165) is 25.9 Å². The van der Waals surface area contributed by atoms with Gasteiger partial charge in [-0.05, 0) is 80.5 Å². The molecule has 1 aromatic heterocycles. The molecule has 0 atom stereocenters. The number of methoxy groups -OCH3 is 1. The van der Waals surface area contributed by atoms with Crippen LogP contribution < -0.4 is 9.64 Å². The number of benzene rings is 2. The van der Waals surface area contributed by atoms with Gasteiger partial charge in [-0.15, -0.1) is 0 Å². The summed E-state index contributed by atoms with van der Waals surface area (Å²) in [5.41, 5.74) is 1.10. The van der Waals surface area contributed by atoms with E-state index in [1.54, 1.807) is 54.6 Å². The van der Waals surface area contributed by atoms with Gasteiger partial charge in [0.1, 0.15) is 17.4 Å². The minimum absolute atomic E-state index is 0.0629. The van der Waals surface area contributed by atoms with E-state index >= 15 is 0 Å². The van der Waals surface area contributed by atoms with E-state index in [1.165, 1.54) is 12.1 Å². The molecule has 0 bridgehead atoms. The monoisotopic (exact) mass is 461 g/mol. The van der Waals surface area contributed by atoms with Crippen molar-refractivity contribution in [3.63, 3.8) is 0 Å². The number of carbonyl (C=O) groups is 2. The van der Waals surface area contributed by atoms with Crippen LogP contribution in [-0.2, 0) is 0 Å². The van der Waals surface area contributed by atoms with Crippen LogP contribution in [0.3, 0.4) is 0 Å². The summed E-state index contributed by atoms with van der Waals surface area (Å²) in [6, 6.07) is 18.4. The molecule has 3 aromatic rings. The highest BCUT2D eigenvalue weighted by molar-refractivity contribution is 6.05. The van der Waals surface area contributed by atoms with Crippen molar-refractivity contribution < 1.29 is 18.7 Å². The van der Waals surface area contributed by atoms with E-state index < -0.39 is 0 Å². The van der Waals surface area contributed by atoms with Crippen LogP contribution in [0.15, 0.2) is 72.9 Å². The molecule has 0 unspecified atom stereocenters. The van der Waals surface area contributed by atoms with Crippen LogP contribution in [0.5, 0.6) is 5.75 Å². The molecule has 34 heavy (non-hydrogen) atoms. The molecule has 0 radical (unpaired) electrons. The highest BCUT2D eigenvalue weighted by atomic mass is 19.1. The number of anilines is 1. The van der Waals surface area contributed by atoms with Crippen molar-refractivity contribution in [2.24, 2.45) is 5.92 Å². The predicted molar refractivity (Wildman–Crippen MR) is 129 cm³/mol. The van der Waals surface area contributed by atoms with Gasteiger partial charge in [0.15, 0.2) is 5.78 Å². The molecular formula is C27H28FN3O3. The van der Waals surface area contributed by atoms with Gasteiger partial charge in [-0.3, -0.25) is 14.5 Å². The molecule has 0 aliphatic carbocycles. The number of ether oxygens (including phenoxy) is 1. The second kappa shape index (κ2) is 11.0. The lowest BCUT2D eigenvalue weighted by Crippen LogP contribution is -2.43. The van der Waals surface area contributed by atoms with Gasteiger partial charge in [-0.25, -0.2) is 9.37 Å². The second-order valence-electron chi connectivity index (χ2n) is 8.36. The molecule has 1 saturated heterocycles. The van der Waals surface area contributed by atoms with Gasteiger partial charge in [0.25, 0.3) is 5.91 Å². The summed E-state index contributed by atoms with van der Waals surface area (Å²) in [4.78, 5) is 34.4. The van der Waals surface area contributed by atoms with Crippen LogP contribution in [0.25, 0.3) is 0 Å². The van der Waals surface area contributed by atoms with Crippen LogP contribution in [-0.4, -0.2) is 54.9 Å². The summed E-state index contributed by atoms with van der Waals surface area (Å²) < 4.78 is 18.4. The van der Waals surface area contributed by atoms with E-state index in [1.807, 2.05) is 18.2 Å². The standard InChI is InChI=1S/C27H28FN3O3/c1-34-24-6-4-5-22(19-24)27(33)31(25-7-2-3-14-29-25)18-17-30-15-12-21(13-16-30)26(32)20-8-10-23(28)11-9-20/h2-11,14,19,21H,12-13,15-18H2,1H3. The average molecular weight is 462 g/mol. The molecule has 0 N–H and O–H groups in total. The molecule has 1 amide bonds. The van der Waals surface area contributed by atoms with Crippen molar-refractivity contribution in [1.82, 2.24) is 9.88 Å². The zero-order valence-corrected chi connectivity index (χ0v) is 19.2. The van der Waals surface area contributed by atoms with Gasteiger partial charge in [0, 0.05) is 36.3 Å². The molecule has 1 aliphatic heterocycles. The summed E-state index contributed by atoms with van der Waals surface area (Å²) in [7, 11) is 1.57. The third-order valence-corrected chi connectivity index (χ3v) is 6.21. The third-order valence-electron chi connectivity index (χ3n) is 6.21. The minimum atomic E-state index is -0.340. The lowest BCUT2D eigenvalue weighted by molar-refractivity contribution is 0.0841. The number of rotatable bonds is 8. The second-order valence-corrected chi connectivity index (χ2v) is 8.36. The molecule has 7 heteroatoms. The Hall–Kier alpha value is -3.58. The average Bonchev–Trinajstić information content (AvgIpc) is 2.89. The quantitative estimate of drug-likeness (QED) is 0.463. The number of hydrogen-bond acceptors (Lipinski definition) is 5. The maximum Gasteiger partial charge on any atom is 0.259 e. The Kier molecular flexibility index (Phi) is 7.65. The molecule has 6 nitrogen and oxygen atoms in total. The van der Waals surface area contributed by atoms with Gasteiger partial charge in [0.2, 0.25) is 0 Å². The number of amides is 1. The normalized spacial score (nSPS) is 14.5. The van der Waals surface area contributed by atoms with Crippen molar-refractivity contribution in [2.75, 3.05) is 38.2 Å². The fourth-order valence-electron chi connectivity index (χ4n) is 4.26. The summed E-state index contributed by atoms with van der Waals surface area (Å²) in [5, 5.41) is 0. The molecule has 2 heterocycles. The Labute approximate surface area is 199 Å². The van der Waals surface area contributed by atoms with Gasteiger partial charge < -0.3 is 9.64 Å². The highest BCUT2D eigenvalue weighted by Gasteiger charge is 2.27. The molecule has 1 fully saturated rings. The van der Waals surface area contributed by atoms with Crippen molar-refractivity contribution in [2.45, 2.75) is 12.8 Å². The van der Waals surface area contributed by atoms with E-state index in [2.05, 4.69) is 9.88 Å². The number of Topliss-reactive ketones (excluding diaryl/α,β-unsaturated/α-hetero) is 1. The van der Waals surface area contributed by atoms with Gasteiger partial charge in [0.05, 0.1) is 7.11 Å². The number of likely N-dealkylation sites (tertiary alicyclic amines) is 1. The number of halogens is 1. The number of ketones is 1. The van der Waals surface area contributed by atoms with Crippen molar-refractivity contribution in [3.8, 4) is 5.75 Å². The Morgan fingerprint density at radius 1 is 1.03 bits per heavy atom. The summed E-state index contributed by atoms with van der Waals surface area (Å²) in [5.74, 6) is 0.748. The molecule has 0 saturated carbocycles. The zero-order chi connectivity index (χ0) is 23.9. The van der Waals surface area contributed by atoms with Crippen molar-refractivity contribution >= 4 is 17.5 Å². The first kappa shape index (κ1) is 23.6. The largest absolute Gasteiger partial charge is 0.497 e. The maximum atomic E-state index is 13.3. The molecule has 0 spiro atoms. The van der Waals surface area contributed by atoms with Crippen LogP contribution in [0.2, 0.25) is 0 Å². The van der Waals surface area contributed by atoms with Crippen LogP contribution in [0.4, 0.5) is 10.2 Å². The first-order valence-electron chi connectivity index (χ1n) is 11.4. The smallest absolute Gasteiger partial charge is 0.259 e. The summed E-state index contributed by atoms with van der Waals surface area (Å²) >= 11 is 0. The number of pyridine rings is 1. The van der Waals surface area contributed by atoms with Crippen molar-refractivity contribution in [3.05, 3.63) is 89.9 Å². The Balaban J connectivity index is 1.39. The fourth-order valence-corrected chi connectivity index (χ4v) is 4.26. The Morgan fingerprint density at radius 3 is 2.47 bits per heavy atom. The molecular weight excluding hydrogens is 433 g/mol. The predicted octanol–water partition coefficient (Wildman–Crippen LogP) is 4.47. The summed E-state index contributed by atoms with van der Waals surface area (Å²) in [6.07, 6.45) is 3.15. The topological polar surface area (TPSA) is 62.7 Å². The molecule has 2 aromatic carbocycles. The Morgan fingerprint density at radius 2 is 1.79 bits per heavy atom. The number of carbonyl (C=O) groups excluding carboxylic acids is 2. The van der Waals surface area contributed by atoms with E-state index in [0.29, 0.717) is 35.8 Å². The number of hydrogen-bond donors (Lipinski definition) is 0. The maximum absolute atomic E-state index is 13.3. The van der Waals surface area contributed by atoms with Crippen molar-refractivity contribution in [1.29, 1.82) is 0 Å². The number of aromatic nitrogens is 1. The third kappa shape index (κ3) is 5.66. The SMILES string of the molecule is COc1cccc(C(=O)N(CCN2CCC(C(=O)c3ccc(F)cc3)CC2)c2ccccn2)c1. The highest BCUT2D eigenvalue weighted by Crippen LogP contribution is 2.23. The van der Waals surface area contributed by atoms with E-state index in [-0.39, 0.29) is 23.4 Å². The number of nitrogens with zero attached hydrogens (tertiary/aromatic N) is 3. The van der Waals surface area contributed by atoms with Gasteiger partial charge >= 0.3 is 0 Å². The summed E-state index contributed by atoms with van der Waals surface area (Å²) in [6.45, 7) is 2.68. The Bertz CT molecular complexity index is 1110. The van der Waals surface area contributed by atoms with E-state index in [9.17, 15) is 14.0 Å². The first-order chi connectivity index (χ1) is 16.5. The van der Waals surface area contributed by atoms with Crippen LogP contribution >= 0.6 is 0 Å². The lowest BCUT2D eigenvalue weighted by Gasteiger charge is -2.33. The van der Waals surface area contributed by atoms with Gasteiger partial charge in [-0.1, -0.05) is 12.1 Å². The van der Waals surface area contributed by atoms with Crippen LogP contribution in [0.1, 0.15) is 33.6 Å². The van der Waals surface area contributed by atoms with Crippen LogP contribution in [0, 0.1) is 11.7 Å². The zero-order valence-electron chi connectivity index (χ0n) is 19.2. The van der Waals surface area contributed by atoms with E-state index in [4.69, 9.17) is 4.74 Å². The molecule has 4 rings (SSSR count). The first-order valence-corrected chi connectivity index (χ1v) is 11.4. The lowest BCUT2D eigenvalue weighted by atomic mass is 9.89.